The lowest BCUT2D eigenvalue weighted by Gasteiger charge is -2.07. The fourth-order valence-electron chi connectivity index (χ4n) is 2.43. The van der Waals surface area contributed by atoms with Crippen LogP contribution in [0, 0.1) is 0 Å². The fourth-order valence-corrected chi connectivity index (χ4v) is 2.43. The molecular weight excluding hydrogens is 338 g/mol. The summed E-state index contributed by atoms with van der Waals surface area (Å²) < 4.78 is 30.5. The van der Waals surface area contributed by atoms with Crippen molar-refractivity contribution in [1.29, 1.82) is 0 Å². The molecule has 3 rings (SSSR count). The maximum Gasteiger partial charge on any atom is 0.387 e. The molecule has 0 aliphatic rings. The van der Waals surface area contributed by atoms with Crippen molar-refractivity contribution >= 4 is 5.91 Å². The van der Waals surface area contributed by atoms with E-state index in [1.54, 1.807) is 12.1 Å². The molecule has 0 fully saturated rings. The highest BCUT2D eigenvalue weighted by Crippen LogP contribution is 2.15. The van der Waals surface area contributed by atoms with Crippen LogP contribution in [0.2, 0.25) is 0 Å². The van der Waals surface area contributed by atoms with Gasteiger partial charge in [0.2, 0.25) is 0 Å². The highest BCUT2D eigenvalue weighted by atomic mass is 19.3. The van der Waals surface area contributed by atoms with Gasteiger partial charge < -0.3 is 9.30 Å². The summed E-state index contributed by atoms with van der Waals surface area (Å²) in [5, 5.41) is 0. The van der Waals surface area contributed by atoms with Gasteiger partial charge in [0.25, 0.3) is 5.91 Å². The van der Waals surface area contributed by atoms with Gasteiger partial charge in [-0.3, -0.25) is 4.79 Å². The minimum atomic E-state index is -2.90. The van der Waals surface area contributed by atoms with Crippen molar-refractivity contribution in [3.05, 3.63) is 95.6 Å². The van der Waals surface area contributed by atoms with E-state index in [1.165, 1.54) is 24.3 Å². The summed E-state index contributed by atoms with van der Waals surface area (Å²) in [5.41, 5.74) is 1.89. The van der Waals surface area contributed by atoms with Crippen LogP contribution in [0.3, 0.4) is 0 Å². The van der Waals surface area contributed by atoms with Crippen molar-refractivity contribution in [2.75, 3.05) is 0 Å². The first-order valence-electron chi connectivity index (χ1n) is 7.95. The average molecular weight is 354 g/mol. The Morgan fingerprint density at radius 3 is 2.35 bits per heavy atom. The van der Waals surface area contributed by atoms with Crippen LogP contribution in [-0.2, 0) is 6.54 Å². The van der Waals surface area contributed by atoms with E-state index < -0.39 is 12.5 Å². The number of rotatable bonds is 5. The summed E-state index contributed by atoms with van der Waals surface area (Å²) in [5.74, 6) is -0.461. The van der Waals surface area contributed by atoms with Crippen LogP contribution in [0.25, 0.3) is 0 Å². The van der Waals surface area contributed by atoms with Crippen molar-refractivity contribution in [3.63, 3.8) is 0 Å². The highest BCUT2D eigenvalue weighted by Gasteiger charge is 2.07. The first-order chi connectivity index (χ1) is 12.6. The van der Waals surface area contributed by atoms with Crippen molar-refractivity contribution in [3.8, 4) is 5.75 Å². The van der Waals surface area contributed by atoms with Crippen LogP contribution in [0.4, 0.5) is 8.78 Å². The number of carbonyl (C=O) groups is 1. The van der Waals surface area contributed by atoms with Gasteiger partial charge in [-0.25, -0.2) is 0 Å². The van der Waals surface area contributed by atoms with E-state index >= 15 is 0 Å². The summed E-state index contributed by atoms with van der Waals surface area (Å²) in [7, 11) is 0. The lowest BCUT2D eigenvalue weighted by atomic mass is 10.2. The van der Waals surface area contributed by atoms with Gasteiger partial charge in [0.1, 0.15) is 11.2 Å². The molecule has 4 nitrogen and oxygen atoms in total. The SMILES string of the molecule is O=C(N=c1ccccn1Cc1ccccc1)c1ccc(OC(F)F)cc1. The van der Waals surface area contributed by atoms with Crippen LogP contribution >= 0.6 is 0 Å². The van der Waals surface area contributed by atoms with E-state index in [1.807, 2.05) is 47.2 Å². The molecule has 132 valence electrons. The number of amides is 1. The Kier molecular flexibility index (Phi) is 5.53. The van der Waals surface area contributed by atoms with E-state index in [-0.39, 0.29) is 5.75 Å². The van der Waals surface area contributed by atoms with Gasteiger partial charge in [-0.05, 0) is 42.0 Å². The minimum Gasteiger partial charge on any atom is -0.435 e. The molecule has 6 heteroatoms. The van der Waals surface area contributed by atoms with Crippen LogP contribution < -0.4 is 10.2 Å². The second kappa shape index (κ2) is 8.20. The number of aromatic nitrogens is 1. The molecule has 1 amide bonds. The van der Waals surface area contributed by atoms with E-state index in [0.29, 0.717) is 17.6 Å². The Labute approximate surface area is 149 Å². The fraction of sp³-hybridized carbons (Fsp3) is 0.100. The third-order valence-electron chi connectivity index (χ3n) is 3.65. The molecule has 0 radical (unpaired) electrons. The van der Waals surface area contributed by atoms with Gasteiger partial charge in [0.15, 0.2) is 0 Å². The molecule has 0 saturated heterocycles. The molecule has 2 aromatic carbocycles. The summed E-state index contributed by atoms with van der Waals surface area (Å²) in [6.45, 7) is -2.32. The zero-order valence-corrected chi connectivity index (χ0v) is 13.8. The second-order valence-corrected chi connectivity index (χ2v) is 5.49. The van der Waals surface area contributed by atoms with Crippen molar-refractivity contribution < 1.29 is 18.3 Å². The molecule has 0 aliphatic carbocycles. The molecule has 0 atom stereocenters. The number of ether oxygens (including phenoxy) is 1. The number of nitrogens with zero attached hydrogens (tertiary/aromatic N) is 2. The molecule has 0 spiro atoms. The Balaban J connectivity index is 1.84. The van der Waals surface area contributed by atoms with Gasteiger partial charge in [-0.1, -0.05) is 36.4 Å². The molecule has 0 aliphatic heterocycles. The highest BCUT2D eigenvalue weighted by molar-refractivity contribution is 5.94. The van der Waals surface area contributed by atoms with E-state index in [0.717, 1.165) is 5.56 Å². The van der Waals surface area contributed by atoms with Crippen molar-refractivity contribution in [1.82, 2.24) is 4.57 Å². The number of carbonyl (C=O) groups excluding carboxylic acids is 1. The predicted octanol–water partition coefficient (Wildman–Crippen LogP) is 3.88. The number of pyridine rings is 1. The molecule has 1 aromatic heterocycles. The molecular formula is C20H16F2N2O2. The number of hydrogen-bond donors (Lipinski definition) is 0. The lowest BCUT2D eigenvalue weighted by molar-refractivity contribution is -0.0498. The zero-order chi connectivity index (χ0) is 18.4. The predicted molar refractivity (Wildman–Crippen MR) is 92.9 cm³/mol. The van der Waals surface area contributed by atoms with Gasteiger partial charge in [0, 0.05) is 18.3 Å². The van der Waals surface area contributed by atoms with Gasteiger partial charge in [-0.15, -0.1) is 0 Å². The Morgan fingerprint density at radius 2 is 1.65 bits per heavy atom. The maximum atomic E-state index is 12.4. The molecule has 26 heavy (non-hydrogen) atoms. The van der Waals surface area contributed by atoms with Crippen LogP contribution in [-0.4, -0.2) is 17.1 Å². The lowest BCUT2D eigenvalue weighted by Crippen LogP contribution is -2.22. The maximum absolute atomic E-state index is 12.4. The standard InChI is InChI=1S/C20H16F2N2O2/c21-20(22)26-17-11-9-16(10-12-17)19(25)23-18-8-4-5-13-24(18)14-15-6-2-1-3-7-15/h1-13,20H,14H2. The van der Waals surface area contributed by atoms with Gasteiger partial charge >= 0.3 is 6.61 Å². The van der Waals surface area contributed by atoms with Crippen molar-refractivity contribution in [2.24, 2.45) is 4.99 Å². The first kappa shape index (κ1) is 17.5. The van der Waals surface area contributed by atoms with Crippen LogP contribution in [0.15, 0.2) is 84.0 Å². The number of halogens is 2. The molecule has 0 unspecified atom stereocenters. The Morgan fingerprint density at radius 1 is 0.962 bits per heavy atom. The molecule has 1 heterocycles. The van der Waals surface area contributed by atoms with Gasteiger partial charge in [0.05, 0.1) is 0 Å². The first-order valence-corrected chi connectivity index (χ1v) is 7.95. The number of alkyl halides is 2. The largest absolute Gasteiger partial charge is 0.435 e. The summed E-state index contributed by atoms with van der Waals surface area (Å²) in [6, 6.07) is 20.7. The van der Waals surface area contributed by atoms with Crippen LogP contribution in [0.1, 0.15) is 15.9 Å². The normalized spacial score (nSPS) is 11.6. The molecule has 3 aromatic rings. The summed E-state index contributed by atoms with van der Waals surface area (Å²) in [6.07, 6.45) is 1.85. The third-order valence-corrected chi connectivity index (χ3v) is 3.65. The van der Waals surface area contributed by atoms with Gasteiger partial charge in [-0.2, -0.15) is 13.8 Å². The second-order valence-electron chi connectivity index (χ2n) is 5.49. The van der Waals surface area contributed by atoms with Crippen LogP contribution in [0.5, 0.6) is 5.75 Å². The topological polar surface area (TPSA) is 43.6 Å². The van der Waals surface area contributed by atoms with E-state index in [9.17, 15) is 13.6 Å². The average Bonchev–Trinajstić information content (AvgIpc) is 2.64. The quantitative estimate of drug-likeness (QED) is 0.698. The number of benzene rings is 2. The molecule has 0 saturated carbocycles. The zero-order valence-electron chi connectivity index (χ0n) is 13.8. The third kappa shape index (κ3) is 4.63. The summed E-state index contributed by atoms with van der Waals surface area (Å²) >= 11 is 0. The molecule has 0 N–H and O–H groups in total. The molecule has 0 bridgehead atoms. The number of hydrogen-bond acceptors (Lipinski definition) is 2. The smallest absolute Gasteiger partial charge is 0.387 e. The minimum absolute atomic E-state index is 0.00426. The Hall–Kier alpha value is -3.28. The van der Waals surface area contributed by atoms with E-state index in [2.05, 4.69) is 9.73 Å². The monoisotopic (exact) mass is 354 g/mol. The summed E-state index contributed by atoms with van der Waals surface area (Å²) in [4.78, 5) is 16.5. The van der Waals surface area contributed by atoms with Crippen molar-refractivity contribution in [2.45, 2.75) is 13.2 Å². The Bertz CT molecular complexity index is 936. The van der Waals surface area contributed by atoms with E-state index in [4.69, 9.17) is 0 Å².